The van der Waals surface area contributed by atoms with Crippen LogP contribution >= 0.6 is 0 Å². The van der Waals surface area contributed by atoms with Gasteiger partial charge in [-0.05, 0) is 100 Å². The molecule has 0 spiro atoms. The van der Waals surface area contributed by atoms with Crippen LogP contribution in [0.5, 0.6) is 0 Å². The molecule has 0 aromatic heterocycles. The van der Waals surface area contributed by atoms with Gasteiger partial charge in [0.25, 0.3) is 0 Å². The first-order chi connectivity index (χ1) is 24.3. The second-order valence-electron chi connectivity index (χ2n) is 12.8. The summed E-state index contributed by atoms with van der Waals surface area (Å²) in [4.78, 5) is 32.6. The lowest BCUT2D eigenvalue weighted by molar-refractivity contribution is -0.154. The zero-order valence-electron chi connectivity index (χ0n) is 32.3. The van der Waals surface area contributed by atoms with Crippen molar-refractivity contribution in [1.29, 1.82) is 0 Å². The summed E-state index contributed by atoms with van der Waals surface area (Å²) in [5.74, 6) is -2.89. The Bertz CT molecular complexity index is 1140. The highest BCUT2D eigenvalue weighted by atomic mass is 19.1. The second-order valence-corrected chi connectivity index (χ2v) is 12.8. The maximum Gasteiger partial charge on any atom is 0.317 e. The Kier molecular flexibility index (Phi) is 30.6. The number of nitrogens with two attached hydrogens (primary N) is 1. The average Bonchev–Trinajstić information content (AvgIpc) is 3.10. The summed E-state index contributed by atoms with van der Waals surface area (Å²) in [6.07, 6.45) is 24.4. The molecule has 0 radical (unpaired) electrons. The minimum absolute atomic E-state index is 0.0198. The van der Waals surface area contributed by atoms with Crippen molar-refractivity contribution >= 4 is 17.8 Å². The van der Waals surface area contributed by atoms with Gasteiger partial charge in [0.15, 0.2) is 5.92 Å². The number of carbonyl (C=O) groups is 3. The Morgan fingerprint density at radius 1 is 1.00 bits per heavy atom. The van der Waals surface area contributed by atoms with Crippen LogP contribution in [0, 0.1) is 23.7 Å². The average molecular weight is 721 g/mol. The molecule has 1 aliphatic carbocycles. The maximum absolute atomic E-state index is 12.4. The van der Waals surface area contributed by atoms with E-state index in [1.165, 1.54) is 24.1 Å². The molecule has 0 aromatic carbocycles. The number of aliphatic hydroxyl groups is 2. The van der Waals surface area contributed by atoms with Crippen molar-refractivity contribution in [1.82, 2.24) is 5.32 Å². The van der Waals surface area contributed by atoms with E-state index in [1.54, 1.807) is 6.08 Å². The zero-order chi connectivity index (χ0) is 39.2. The molecule has 0 aliphatic heterocycles. The zero-order valence-corrected chi connectivity index (χ0v) is 32.3. The van der Waals surface area contributed by atoms with Crippen LogP contribution in [0.4, 0.5) is 4.39 Å². The predicted molar refractivity (Wildman–Crippen MR) is 207 cm³/mol. The van der Waals surface area contributed by atoms with E-state index in [9.17, 15) is 23.9 Å². The summed E-state index contributed by atoms with van der Waals surface area (Å²) >= 11 is 0. The number of amides is 1. The quantitative estimate of drug-likeness (QED) is 0.0266. The summed E-state index contributed by atoms with van der Waals surface area (Å²) in [7, 11) is 0. The van der Waals surface area contributed by atoms with Gasteiger partial charge in [-0.15, -0.1) is 0 Å². The van der Waals surface area contributed by atoms with Crippen LogP contribution in [0.3, 0.4) is 0 Å². The first kappa shape index (κ1) is 49.8. The number of halogens is 1. The molecule has 10 heteroatoms. The van der Waals surface area contributed by atoms with E-state index in [-0.39, 0.29) is 12.3 Å². The molecule has 1 amide bonds. The Morgan fingerprint density at radius 2 is 1.67 bits per heavy atom. The summed E-state index contributed by atoms with van der Waals surface area (Å²) in [5, 5.41) is 40.0. The molecule has 0 heterocycles. The van der Waals surface area contributed by atoms with Gasteiger partial charge in [0.1, 0.15) is 12.9 Å². The third-order valence-corrected chi connectivity index (χ3v) is 8.77. The molecule has 0 aromatic rings. The van der Waals surface area contributed by atoms with Crippen LogP contribution in [0.2, 0.25) is 0 Å². The van der Waals surface area contributed by atoms with E-state index in [4.69, 9.17) is 21.1 Å². The minimum Gasteiger partial charge on any atom is -0.481 e. The van der Waals surface area contributed by atoms with Gasteiger partial charge >= 0.3 is 11.9 Å². The molecular weight excluding hydrogens is 651 g/mol. The Labute approximate surface area is 307 Å². The molecule has 51 heavy (non-hydrogen) atoms. The van der Waals surface area contributed by atoms with Gasteiger partial charge in [-0.3, -0.25) is 14.4 Å². The lowest BCUT2D eigenvalue weighted by Gasteiger charge is -2.26. The van der Waals surface area contributed by atoms with Crippen molar-refractivity contribution in [2.45, 2.75) is 131 Å². The van der Waals surface area contributed by atoms with Gasteiger partial charge in [-0.2, -0.15) is 0 Å². The van der Waals surface area contributed by atoms with Gasteiger partial charge in [0, 0.05) is 13.5 Å². The monoisotopic (exact) mass is 721 g/mol. The molecule has 5 atom stereocenters. The van der Waals surface area contributed by atoms with Crippen LogP contribution in [0.15, 0.2) is 71.4 Å². The first-order valence-corrected chi connectivity index (χ1v) is 18.7. The fourth-order valence-electron chi connectivity index (χ4n) is 5.49. The fraction of sp³-hybridized carbons (Fsp3) is 0.634. The van der Waals surface area contributed by atoms with E-state index in [1.807, 2.05) is 45.9 Å². The summed E-state index contributed by atoms with van der Waals surface area (Å²) in [6.45, 7) is 13.9. The first-order valence-electron chi connectivity index (χ1n) is 18.7. The van der Waals surface area contributed by atoms with Crippen molar-refractivity contribution in [3.63, 3.8) is 0 Å². The number of alkyl halides is 1. The number of rotatable bonds is 23. The molecule has 0 saturated carbocycles. The highest BCUT2D eigenvalue weighted by Gasteiger charge is 2.26. The van der Waals surface area contributed by atoms with E-state index < -0.39 is 36.9 Å². The van der Waals surface area contributed by atoms with Crippen LogP contribution in [0.25, 0.3) is 0 Å². The fourth-order valence-corrected chi connectivity index (χ4v) is 5.49. The number of carboxylic acid groups (broad SMARTS) is 2. The summed E-state index contributed by atoms with van der Waals surface area (Å²) < 4.78 is 12.4. The van der Waals surface area contributed by atoms with E-state index in [2.05, 4.69) is 43.5 Å². The molecular formula is C41H69FN2O7. The van der Waals surface area contributed by atoms with Crippen molar-refractivity contribution in [3.8, 4) is 0 Å². The largest absolute Gasteiger partial charge is 0.481 e. The number of carboxylic acids is 2. The Morgan fingerprint density at radius 3 is 2.18 bits per heavy atom. The molecule has 1 aliphatic rings. The number of hydrogen-bond donors (Lipinski definition) is 6. The number of carbonyl (C=O) groups excluding carboxylic acids is 1. The number of nitrogens with one attached hydrogen (secondary N) is 1. The summed E-state index contributed by atoms with van der Waals surface area (Å²) in [5.41, 5.74) is 8.53. The topological polar surface area (TPSA) is 170 Å². The molecule has 9 nitrogen and oxygen atoms in total. The molecule has 292 valence electrons. The van der Waals surface area contributed by atoms with Crippen LogP contribution in [-0.2, 0) is 14.4 Å². The normalized spacial score (nSPS) is 17.2. The lowest BCUT2D eigenvalue weighted by Crippen LogP contribution is -2.23. The maximum atomic E-state index is 12.4. The van der Waals surface area contributed by atoms with Crippen molar-refractivity contribution in [3.05, 3.63) is 71.4 Å². The number of hydrogen-bond acceptors (Lipinski definition) is 6. The standard InChI is InChI=1S/C26H39FO5.C13H24N2O2.C2H6/c1-4-7-22(9-6-17-27)24(28)16-11-18(2)19(3)21-14-12-20(13-15-21)8-5-10-23(25(29)30)26(31)32;1-3-12(7-4-5-9-13(14)17)8-6-10-15-11(2)16;1-2/h6-7,9,12,14-15,18-20,23-24,28H,4-5,8,10-11,13,16-17H2,1-3H3,(H,29,30)(H,31,32);3,6,8,13,17H,4-5,7,9-10,14H2,1-2H3,(H,15,16);1-2H3/b9-6-,22-7+;8-6-,12-3-;/t18-,19?,20?,24?;;/m1../s1. The number of allylic oxidation sites excluding steroid dienone is 9. The number of unbranched alkanes of at least 4 members (excludes halogenated alkanes) is 1. The number of aliphatic hydroxyl groups excluding tert-OH is 2. The lowest BCUT2D eigenvalue weighted by atomic mass is 9.80. The van der Waals surface area contributed by atoms with Crippen LogP contribution in [0.1, 0.15) is 119 Å². The van der Waals surface area contributed by atoms with Gasteiger partial charge in [0.05, 0.1) is 6.10 Å². The molecule has 1 rings (SSSR count). The molecule has 4 unspecified atom stereocenters. The highest BCUT2D eigenvalue weighted by Crippen LogP contribution is 2.31. The third kappa shape index (κ3) is 25.3. The summed E-state index contributed by atoms with van der Waals surface area (Å²) in [6, 6.07) is 0. The predicted octanol–water partition coefficient (Wildman–Crippen LogP) is 8.21. The minimum atomic E-state index is -1.33. The van der Waals surface area contributed by atoms with Gasteiger partial charge < -0.3 is 31.5 Å². The van der Waals surface area contributed by atoms with Crippen molar-refractivity contribution in [2.24, 2.45) is 29.4 Å². The van der Waals surface area contributed by atoms with Gasteiger partial charge in [0.2, 0.25) is 5.91 Å². The van der Waals surface area contributed by atoms with E-state index in [0.717, 1.165) is 50.5 Å². The molecule has 7 N–H and O–H groups in total. The second kappa shape index (κ2) is 31.4. The third-order valence-electron chi connectivity index (χ3n) is 8.77. The highest BCUT2D eigenvalue weighted by molar-refractivity contribution is 5.92. The molecule has 0 bridgehead atoms. The van der Waals surface area contributed by atoms with Crippen LogP contribution in [-0.4, -0.2) is 63.8 Å². The SMILES string of the molecule is C/C=C(\C=C/CNC(C)=O)CCCCC(N)O.CC.CC/C=C(\C=C/CF)C(O)CC[C@@H](C)C(C)C1=CCC(CCCC(C(=O)O)C(=O)O)C=C1. The van der Waals surface area contributed by atoms with Crippen molar-refractivity contribution in [2.75, 3.05) is 13.2 Å². The van der Waals surface area contributed by atoms with E-state index in [0.29, 0.717) is 43.6 Å². The van der Waals surface area contributed by atoms with Gasteiger partial charge in [-0.1, -0.05) is 101 Å². The van der Waals surface area contributed by atoms with Gasteiger partial charge in [-0.25, -0.2) is 4.39 Å². The number of aliphatic carboxylic acids is 2. The van der Waals surface area contributed by atoms with E-state index >= 15 is 0 Å². The smallest absolute Gasteiger partial charge is 0.317 e. The molecule has 0 fully saturated rings. The van der Waals surface area contributed by atoms with Crippen molar-refractivity contribution < 1.29 is 39.2 Å². The Balaban J connectivity index is 0. The van der Waals surface area contributed by atoms with Crippen LogP contribution < -0.4 is 11.1 Å². The Hall–Kier alpha value is -3.34. The molecule has 0 saturated heterocycles.